The Bertz CT molecular complexity index is 525. The van der Waals surface area contributed by atoms with Crippen LogP contribution in [0.3, 0.4) is 0 Å². The molecule has 2 nitrogen and oxygen atoms in total. The Morgan fingerprint density at radius 2 is 1.16 bits per heavy atom. The van der Waals surface area contributed by atoms with Gasteiger partial charge in [-0.1, -0.05) is 55.4 Å². The van der Waals surface area contributed by atoms with Crippen LogP contribution in [-0.4, -0.2) is 18.5 Å². The van der Waals surface area contributed by atoms with Crippen LogP contribution < -0.4 is 0 Å². The first-order valence-corrected chi connectivity index (χ1v) is 11.4. The average molecular weight is 439 g/mol. The second-order valence-corrected chi connectivity index (χ2v) is 13.4. The van der Waals surface area contributed by atoms with Gasteiger partial charge in [-0.25, -0.2) is 4.98 Å². The monoisotopic (exact) mass is 438 g/mol. The lowest BCUT2D eigenvalue weighted by Gasteiger charge is -2.36. The molecule has 1 rings (SSSR count). The van der Waals surface area contributed by atoms with Crippen molar-refractivity contribution < 1.29 is 0 Å². The molecule has 0 fully saturated rings. The molecule has 0 amide bonds. The summed E-state index contributed by atoms with van der Waals surface area (Å²) in [5, 5.41) is 1.08. The maximum Gasteiger partial charge on any atom is 0.148 e. The van der Waals surface area contributed by atoms with Crippen LogP contribution in [0.2, 0.25) is 0 Å². The molecule has 0 aromatic carbocycles. The topological polar surface area (TPSA) is 25.8 Å². The zero-order chi connectivity index (χ0) is 19.8. The fourth-order valence-corrected chi connectivity index (χ4v) is 4.66. The highest BCUT2D eigenvalue weighted by molar-refractivity contribution is 7.99. The normalized spacial score (nSPS) is 14.6. The third-order valence-electron chi connectivity index (χ3n) is 4.80. The van der Waals surface area contributed by atoms with Gasteiger partial charge in [0.2, 0.25) is 0 Å². The fourth-order valence-electron chi connectivity index (χ4n) is 3.39. The molecular formula is C18H34N2S5. The predicted octanol–water partition coefficient (Wildman–Crippen LogP) is 6.30. The Balaban J connectivity index is 3.05. The second kappa shape index (κ2) is 8.14. The number of rotatable bonds is 8. The van der Waals surface area contributed by atoms with Gasteiger partial charge < -0.3 is 0 Å². The molecule has 0 bridgehead atoms. The first kappa shape index (κ1) is 24.0. The second-order valence-electron chi connectivity index (χ2n) is 9.77. The van der Waals surface area contributed by atoms with E-state index in [0.717, 1.165) is 23.7 Å². The van der Waals surface area contributed by atoms with Crippen LogP contribution in [-0.2, 0) is 10.8 Å². The molecule has 0 radical (unpaired) electrons. The minimum Gasteiger partial charge on any atom is -0.223 e. The third kappa shape index (κ3) is 6.23. The lowest BCUT2D eigenvalue weighted by atomic mass is 9.75. The zero-order valence-corrected chi connectivity index (χ0v) is 21.1. The number of thiol groups is 4. The van der Waals surface area contributed by atoms with Gasteiger partial charge in [0.05, 0.1) is 0 Å². The highest BCUT2D eigenvalue weighted by Gasteiger charge is 2.39. The average Bonchev–Trinajstić information content (AvgIpc) is 2.86. The molecule has 0 aliphatic rings. The van der Waals surface area contributed by atoms with Crippen LogP contribution in [0.4, 0.5) is 0 Å². The summed E-state index contributed by atoms with van der Waals surface area (Å²) in [6, 6.07) is 0. The van der Waals surface area contributed by atoms with E-state index < -0.39 is 0 Å². The molecule has 1 aromatic heterocycles. The minimum absolute atomic E-state index is 0.00431. The van der Waals surface area contributed by atoms with Crippen LogP contribution >= 0.6 is 62.0 Å². The quantitative estimate of drug-likeness (QED) is 0.283. The van der Waals surface area contributed by atoms with E-state index in [0.29, 0.717) is 0 Å². The zero-order valence-electron chi connectivity index (χ0n) is 16.7. The van der Waals surface area contributed by atoms with Crippen molar-refractivity contribution in [3.8, 4) is 0 Å². The summed E-state index contributed by atoms with van der Waals surface area (Å²) in [6.07, 6.45) is 1.88. The Kier molecular flexibility index (Phi) is 7.81. The van der Waals surface area contributed by atoms with Gasteiger partial charge in [0, 0.05) is 20.0 Å². The van der Waals surface area contributed by atoms with Crippen LogP contribution in [0, 0.1) is 10.8 Å². The summed E-state index contributed by atoms with van der Waals surface area (Å²) in [5.74, 6) is 0.919. The van der Waals surface area contributed by atoms with Crippen molar-refractivity contribution in [2.75, 3.05) is 0 Å². The van der Waals surface area contributed by atoms with Crippen molar-refractivity contribution >= 4 is 62.0 Å². The molecule has 0 aliphatic carbocycles. The molecule has 0 spiro atoms. The standard InChI is InChI=1S/C18H34N2S5/c1-15(2,9-17(5,6)13(21)22)11-19-12(25-20-11)16(3,4)10-18(7,8)14(23)24/h13-14,21-24H,9-10H2,1-8H3. The van der Waals surface area contributed by atoms with Crippen molar-refractivity contribution in [1.29, 1.82) is 0 Å². The van der Waals surface area contributed by atoms with Gasteiger partial charge in [-0.3, -0.25) is 0 Å². The molecule has 7 heteroatoms. The lowest BCUT2D eigenvalue weighted by Crippen LogP contribution is -2.33. The van der Waals surface area contributed by atoms with Crippen molar-refractivity contribution in [1.82, 2.24) is 9.36 Å². The van der Waals surface area contributed by atoms with Gasteiger partial charge in [-0.05, 0) is 35.2 Å². The van der Waals surface area contributed by atoms with Crippen LogP contribution in [0.1, 0.15) is 79.1 Å². The minimum atomic E-state index is -0.122. The van der Waals surface area contributed by atoms with E-state index in [1.54, 1.807) is 0 Å². The molecule has 1 aromatic rings. The Hall–Kier alpha value is 0.960. The molecule has 0 atom stereocenters. The van der Waals surface area contributed by atoms with E-state index >= 15 is 0 Å². The number of nitrogens with zero attached hydrogens (tertiary/aromatic N) is 2. The smallest absolute Gasteiger partial charge is 0.148 e. The van der Waals surface area contributed by atoms with E-state index in [-0.39, 0.29) is 30.8 Å². The van der Waals surface area contributed by atoms with E-state index in [1.165, 1.54) is 11.5 Å². The van der Waals surface area contributed by atoms with E-state index in [2.05, 4.69) is 106 Å². The maximum atomic E-state index is 4.95. The van der Waals surface area contributed by atoms with E-state index in [9.17, 15) is 0 Å². The van der Waals surface area contributed by atoms with Gasteiger partial charge in [0.25, 0.3) is 0 Å². The maximum absolute atomic E-state index is 4.95. The molecule has 0 saturated carbocycles. The van der Waals surface area contributed by atoms with Gasteiger partial charge >= 0.3 is 0 Å². The first-order chi connectivity index (χ1) is 11.0. The molecule has 1 heterocycles. The van der Waals surface area contributed by atoms with Crippen molar-refractivity contribution in [3.63, 3.8) is 0 Å². The Morgan fingerprint density at radius 3 is 1.56 bits per heavy atom. The summed E-state index contributed by atoms with van der Waals surface area (Å²) in [6.45, 7) is 17.7. The predicted molar refractivity (Wildman–Crippen MR) is 126 cm³/mol. The highest BCUT2D eigenvalue weighted by atomic mass is 32.2. The van der Waals surface area contributed by atoms with Gasteiger partial charge in [-0.2, -0.15) is 54.9 Å². The molecule has 0 unspecified atom stereocenters. The number of hydrogen-bond acceptors (Lipinski definition) is 7. The number of hydrogen-bond donors (Lipinski definition) is 4. The van der Waals surface area contributed by atoms with Crippen LogP contribution in [0.5, 0.6) is 0 Å². The van der Waals surface area contributed by atoms with E-state index in [1.807, 2.05) is 0 Å². The van der Waals surface area contributed by atoms with Crippen LogP contribution in [0.15, 0.2) is 0 Å². The summed E-state index contributed by atoms with van der Waals surface area (Å²) < 4.78 is 4.76. The summed E-state index contributed by atoms with van der Waals surface area (Å²) >= 11 is 19.7. The Labute approximate surface area is 180 Å². The third-order valence-corrected chi connectivity index (χ3v) is 8.68. The van der Waals surface area contributed by atoms with Gasteiger partial charge in [0.1, 0.15) is 10.8 Å². The summed E-state index contributed by atoms with van der Waals surface area (Å²) in [5.41, 5.74) is -0.193. The Morgan fingerprint density at radius 1 is 0.760 bits per heavy atom. The SMILES string of the molecule is CC(C)(CC(C)(C)C(S)S)c1nsc(C(C)(C)CC(C)(C)C(S)S)n1. The van der Waals surface area contributed by atoms with Crippen molar-refractivity contribution in [3.05, 3.63) is 10.8 Å². The fraction of sp³-hybridized carbons (Fsp3) is 0.889. The van der Waals surface area contributed by atoms with Gasteiger partial charge in [0.15, 0.2) is 0 Å². The molecule has 0 saturated heterocycles. The van der Waals surface area contributed by atoms with Gasteiger partial charge in [-0.15, -0.1) is 0 Å². The number of aromatic nitrogens is 2. The largest absolute Gasteiger partial charge is 0.223 e. The molecule has 0 N–H and O–H groups in total. The molecule has 0 aliphatic heterocycles. The van der Waals surface area contributed by atoms with Crippen molar-refractivity contribution in [2.24, 2.45) is 10.8 Å². The van der Waals surface area contributed by atoms with Crippen LogP contribution in [0.25, 0.3) is 0 Å². The molecular weight excluding hydrogens is 405 g/mol. The van der Waals surface area contributed by atoms with E-state index in [4.69, 9.17) is 9.36 Å². The summed E-state index contributed by atoms with van der Waals surface area (Å²) in [4.78, 5) is 4.95. The summed E-state index contributed by atoms with van der Waals surface area (Å²) in [7, 11) is 0. The molecule has 146 valence electrons. The van der Waals surface area contributed by atoms with Crippen molar-refractivity contribution in [2.45, 2.75) is 88.2 Å². The first-order valence-electron chi connectivity index (χ1n) is 8.58. The lowest BCUT2D eigenvalue weighted by molar-refractivity contribution is 0.268. The molecule has 25 heavy (non-hydrogen) atoms. The highest BCUT2D eigenvalue weighted by Crippen LogP contribution is 2.44.